The molecule has 0 saturated carbocycles. The number of nitrogens with zero attached hydrogens (tertiary/aromatic N) is 1. The van der Waals surface area contributed by atoms with Gasteiger partial charge in [-0.1, -0.05) is 41.4 Å². The van der Waals surface area contributed by atoms with Crippen molar-refractivity contribution in [1.29, 1.82) is 5.26 Å². The first-order valence-electron chi connectivity index (χ1n) is 8.41. The number of amides is 1. The average molecular weight is 413 g/mol. The minimum absolute atomic E-state index is 0.331. The molecule has 3 nitrogen and oxygen atoms in total. The van der Waals surface area contributed by atoms with Crippen LogP contribution in [-0.2, 0) is 0 Å². The van der Waals surface area contributed by atoms with Crippen LogP contribution in [0.4, 0.5) is 10.1 Å². The lowest BCUT2D eigenvalue weighted by atomic mass is 9.91. The van der Waals surface area contributed by atoms with E-state index in [1.807, 2.05) is 6.92 Å². The van der Waals surface area contributed by atoms with Crippen molar-refractivity contribution in [2.45, 2.75) is 12.8 Å². The first-order chi connectivity index (χ1) is 13.4. The quantitative estimate of drug-likeness (QED) is 0.542. The molecule has 1 amide bonds. The maximum atomic E-state index is 13.0. The number of benzene rings is 3. The SMILES string of the molecule is Cc1cc([C@H](C#N)c2ccc(Cl)cc2)c(Cl)cc1NC(=O)c1ccc(F)cc1. The number of carbonyl (C=O) groups excluding carboxylic acids is 1. The molecular formula is C22H15Cl2FN2O. The molecule has 1 N–H and O–H groups in total. The molecule has 6 heteroatoms. The fourth-order valence-corrected chi connectivity index (χ4v) is 3.23. The molecule has 0 bridgehead atoms. The van der Waals surface area contributed by atoms with Crippen molar-refractivity contribution >= 4 is 34.8 Å². The predicted molar refractivity (Wildman–Crippen MR) is 109 cm³/mol. The van der Waals surface area contributed by atoms with Crippen LogP contribution in [0.15, 0.2) is 60.7 Å². The number of hydrogen-bond acceptors (Lipinski definition) is 2. The smallest absolute Gasteiger partial charge is 0.255 e. The van der Waals surface area contributed by atoms with Gasteiger partial charge in [-0.3, -0.25) is 4.79 Å². The van der Waals surface area contributed by atoms with Gasteiger partial charge < -0.3 is 5.32 Å². The van der Waals surface area contributed by atoms with Crippen LogP contribution in [0, 0.1) is 24.1 Å². The second kappa shape index (κ2) is 8.43. The molecule has 0 aliphatic carbocycles. The molecule has 0 spiro atoms. The van der Waals surface area contributed by atoms with Crippen molar-refractivity contribution in [3.05, 3.63) is 98.8 Å². The van der Waals surface area contributed by atoms with E-state index in [4.69, 9.17) is 23.2 Å². The molecule has 3 aromatic rings. The first kappa shape index (κ1) is 19.9. The Kier molecular flexibility index (Phi) is 5.99. The van der Waals surface area contributed by atoms with Crippen LogP contribution in [0.2, 0.25) is 10.0 Å². The van der Waals surface area contributed by atoms with E-state index in [2.05, 4.69) is 11.4 Å². The van der Waals surface area contributed by atoms with E-state index in [1.165, 1.54) is 24.3 Å². The van der Waals surface area contributed by atoms with E-state index < -0.39 is 11.7 Å². The van der Waals surface area contributed by atoms with Crippen LogP contribution >= 0.6 is 23.2 Å². The molecule has 3 aromatic carbocycles. The fraction of sp³-hybridized carbons (Fsp3) is 0.0909. The van der Waals surface area contributed by atoms with Gasteiger partial charge in [0.1, 0.15) is 5.82 Å². The lowest BCUT2D eigenvalue weighted by Gasteiger charge is -2.16. The Hall–Kier alpha value is -2.87. The standard InChI is InChI=1S/C22H15Cl2FN2O/c1-13-10-18(19(12-26)14-2-6-16(23)7-3-14)20(24)11-21(13)27-22(28)15-4-8-17(25)9-5-15/h2-11,19H,1H3,(H,27,28)/t19-/m1/s1. The summed E-state index contributed by atoms with van der Waals surface area (Å²) in [7, 11) is 0. The minimum atomic E-state index is -0.565. The van der Waals surface area contributed by atoms with Gasteiger partial charge in [0.05, 0.1) is 12.0 Å². The van der Waals surface area contributed by atoms with Crippen molar-refractivity contribution in [2.75, 3.05) is 5.32 Å². The van der Waals surface area contributed by atoms with Crippen LogP contribution in [0.3, 0.4) is 0 Å². The number of carbonyl (C=O) groups is 1. The third kappa shape index (κ3) is 4.33. The fourth-order valence-electron chi connectivity index (χ4n) is 2.83. The van der Waals surface area contributed by atoms with Crippen molar-refractivity contribution in [3.63, 3.8) is 0 Å². The molecular weight excluding hydrogens is 398 g/mol. The summed E-state index contributed by atoms with van der Waals surface area (Å²) >= 11 is 12.3. The number of halogens is 3. The van der Waals surface area contributed by atoms with Gasteiger partial charge >= 0.3 is 0 Å². The topological polar surface area (TPSA) is 52.9 Å². The van der Waals surface area contributed by atoms with Crippen LogP contribution in [0.5, 0.6) is 0 Å². The van der Waals surface area contributed by atoms with Crippen LogP contribution in [0.25, 0.3) is 0 Å². The Morgan fingerprint density at radius 3 is 2.32 bits per heavy atom. The van der Waals surface area contributed by atoms with Crippen molar-refractivity contribution in [3.8, 4) is 6.07 Å². The highest BCUT2D eigenvalue weighted by atomic mass is 35.5. The summed E-state index contributed by atoms with van der Waals surface area (Å²) in [6, 6.07) is 17.9. The largest absolute Gasteiger partial charge is 0.322 e. The maximum Gasteiger partial charge on any atom is 0.255 e. The van der Waals surface area contributed by atoms with Gasteiger partial charge in [-0.2, -0.15) is 5.26 Å². The molecule has 0 unspecified atom stereocenters. The summed E-state index contributed by atoms with van der Waals surface area (Å²) in [6.45, 7) is 1.82. The van der Waals surface area contributed by atoms with Crippen molar-refractivity contribution in [2.24, 2.45) is 0 Å². The number of nitrogens with one attached hydrogen (secondary N) is 1. The Morgan fingerprint density at radius 1 is 1.07 bits per heavy atom. The van der Waals surface area contributed by atoms with Crippen molar-refractivity contribution < 1.29 is 9.18 Å². The zero-order chi connectivity index (χ0) is 20.3. The molecule has 0 aromatic heterocycles. The highest BCUT2D eigenvalue weighted by molar-refractivity contribution is 6.32. The number of anilines is 1. The van der Waals surface area contributed by atoms with Gasteiger partial charge in [-0.25, -0.2) is 4.39 Å². The molecule has 0 radical (unpaired) electrons. The monoisotopic (exact) mass is 412 g/mol. The maximum absolute atomic E-state index is 13.0. The number of hydrogen-bond donors (Lipinski definition) is 1. The van der Waals surface area contributed by atoms with Gasteiger partial charge in [0.2, 0.25) is 0 Å². The second-order valence-corrected chi connectivity index (χ2v) is 7.11. The lowest BCUT2D eigenvalue weighted by molar-refractivity contribution is 0.102. The molecule has 0 aliphatic heterocycles. The van der Waals surface area contributed by atoms with E-state index in [0.29, 0.717) is 26.9 Å². The van der Waals surface area contributed by atoms with Gasteiger partial charge in [-0.05, 0) is 66.1 Å². The number of aryl methyl sites for hydroxylation is 1. The Bertz CT molecular complexity index is 1060. The molecule has 3 rings (SSSR count). The number of nitriles is 1. The van der Waals surface area contributed by atoms with Gasteiger partial charge in [0, 0.05) is 21.3 Å². The molecule has 0 aliphatic rings. The van der Waals surface area contributed by atoms with E-state index in [1.54, 1.807) is 36.4 Å². The summed E-state index contributed by atoms with van der Waals surface area (Å²) in [5.41, 5.74) is 3.03. The predicted octanol–water partition coefficient (Wildman–Crippen LogP) is 6.35. The average Bonchev–Trinajstić information content (AvgIpc) is 2.68. The Balaban J connectivity index is 1.90. The van der Waals surface area contributed by atoms with Gasteiger partial charge in [0.15, 0.2) is 0 Å². The van der Waals surface area contributed by atoms with Crippen LogP contribution in [0.1, 0.15) is 33.0 Å². The second-order valence-electron chi connectivity index (χ2n) is 6.26. The summed E-state index contributed by atoms with van der Waals surface area (Å²) in [4.78, 5) is 12.4. The summed E-state index contributed by atoms with van der Waals surface area (Å²) in [6.07, 6.45) is 0. The molecule has 0 heterocycles. The van der Waals surface area contributed by atoms with E-state index in [-0.39, 0.29) is 5.91 Å². The van der Waals surface area contributed by atoms with Crippen LogP contribution in [-0.4, -0.2) is 5.91 Å². The third-order valence-corrected chi connectivity index (χ3v) is 4.92. The summed E-state index contributed by atoms with van der Waals surface area (Å²) in [5.74, 6) is -1.35. The van der Waals surface area contributed by atoms with E-state index in [9.17, 15) is 14.4 Å². The van der Waals surface area contributed by atoms with Gasteiger partial charge in [-0.15, -0.1) is 0 Å². The molecule has 0 saturated heterocycles. The Morgan fingerprint density at radius 2 is 1.71 bits per heavy atom. The van der Waals surface area contributed by atoms with Crippen LogP contribution < -0.4 is 5.32 Å². The zero-order valence-corrected chi connectivity index (χ0v) is 16.4. The molecule has 1 atom stereocenters. The first-order valence-corrected chi connectivity index (χ1v) is 9.16. The van der Waals surface area contributed by atoms with Crippen molar-refractivity contribution in [1.82, 2.24) is 0 Å². The molecule has 0 fully saturated rings. The zero-order valence-electron chi connectivity index (χ0n) is 14.8. The minimum Gasteiger partial charge on any atom is -0.322 e. The lowest BCUT2D eigenvalue weighted by Crippen LogP contribution is -2.13. The molecule has 140 valence electrons. The third-order valence-electron chi connectivity index (χ3n) is 4.34. The highest BCUT2D eigenvalue weighted by Gasteiger charge is 2.19. The normalized spacial score (nSPS) is 11.5. The van der Waals surface area contributed by atoms with Gasteiger partial charge in [0.25, 0.3) is 5.91 Å². The number of rotatable bonds is 4. The molecule has 28 heavy (non-hydrogen) atoms. The van der Waals surface area contributed by atoms with E-state index >= 15 is 0 Å². The Labute approximate surface area is 172 Å². The summed E-state index contributed by atoms with van der Waals surface area (Å²) in [5, 5.41) is 13.4. The highest BCUT2D eigenvalue weighted by Crippen LogP contribution is 2.34. The summed E-state index contributed by atoms with van der Waals surface area (Å²) < 4.78 is 13.0. The van der Waals surface area contributed by atoms with E-state index in [0.717, 1.165) is 11.1 Å².